The number of H-pyrrole nitrogens is 2. The molecule has 0 aliphatic carbocycles. The predicted molar refractivity (Wildman–Crippen MR) is 226 cm³/mol. The summed E-state index contributed by atoms with van der Waals surface area (Å²) in [7, 11) is 0. The van der Waals surface area contributed by atoms with E-state index in [1.807, 2.05) is 91.0 Å². The predicted octanol–water partition coefficient (Wildman–Crippen LogP) is 6.93. The Morgan fingerprint density at radius 3 is 1.62 bits per heavy atom. The Balaban J connectivity index is 0.000000163. The Bertz CT molecular complexity index is 2680. The van der Waals surface area contributed by atoms with Crippen LogP contribution in [0.25, 0.3) is 44.3 Å². The topological polar surface area (TPSA) is 116 Å². The molecule has 4 aromatic heterocycles. The molecule has 2 aliphatic heterocycles. The van der Waals surface area contributed by atoms with E-state index in [2.05, 4.69) is 74.6 Å². The van der Waals surface area contributed by atoms with Crippen molar-refractivity contribution >= 4 is 69.6 Å². The average molecular weight is 803 g/mol. The van der Waals surface area contributed by atoms with E-state index in [9.17, 15) is 9.59 Å². The molecule has 4 aromatic carbocycles. The SMILES string of the molecule is O=C1NCCc2[nH]c(-c3cccc4ccc(Cl)nc34)cc21.O=C1NCCc2[nH]c(-c3cccc4ccc(Sc5ccccc5)nc34)cc21.Sc1ccccc1.[H-].[Na+]. The molecule has 0 fully saturated rings. The fourth-order valence-corrected chi connectivity index (χ4v) is 7.79. The number of para-hydroxylation sites is 2. The molecule has 274 valence electrons. The Morgan fingerprint density at radius 1 is 0.589 bits per heavy atom. The Kier molecular flexibility index (Phi) is 12.7. The van der Waals surface area contributed by atoms with Crippen LogP contribution in [0.5, 0.6) is 0 Å². The largest absolute Gasteiger partial charge is 1.00 e. The first-order chi connectivity index (χ1) is 26.9. The second-order valence-corrected chi connectivity index (χ2v) is 14.9. The number of thiol groups is 1. The Hall–Kier alpha value is -4.81. The van der Waals surface area contributed by atoms with Gasteiger partial charge in [0, 0.05) is 80.4 Å². The number of amides is 2. The molecule has 10 rings (SSSR count). The number of nitrogens with one attached hydrogen (secondary N) is 4. The number of rotatable bonds is 4. The van der Waals surface area contributed by atoms with E-state index in [1.54, 1.807) is 17.8 Å². The summed E-state index contributed by atoms with van der Waals surface area (Å²) in [6.45, 7) is 1.35. The maximum Gasteiger partial charge on any atom is 1.00 e. The van der Waals surface area contributed by atoms with E-state index in [-0.39, 0.29) is 42.8 Å². The van der Waals surface area contributed by atoms with Crippen molar-refractivity contribution in [2.75, 3.05) is 13.1 Å². The fourth-order valence-electron chi connectivity index (χ4n) is 6.66. The first kappa shape index (κ1) is 39.4. The molecule has 0 unspecified atom stereocenters. The van der Waals surface area contributed by atoms with Crippen LogP contribution in [-0.2, 0) is 12.8 Å². The molecule has 4 N–H and O–H groups in total. The third-order valence-corrected chi connectivity index (χ3v) is 10.7. The van der Waals surface area contributed by atoms with Gasteiger partial charge in [0.1, 0.15) is 10.2 Å². The first-order valence-electron chi connectivity index (χ1n) is 17.8. The number of pyridine rings is 2. The molecule has 56 heavy (non-hydrogen) atoms. The molecule has 0 atom stereocenters. The van der Waals surface area contributed by atoms with E-state index in [0.717, 1.165) is 94.5 Å². The third kappa shape index (κ3) is 8.92. The summed E-state index contributed by atoms with van der Waals surface area (Å²) in [5.41, 5.74) is 9.03. The van der Waals surface area contributed by atoms with Crippen molar-refractivity contribution in [3.05, 3.63) is 161 Å². The quantitative estimate of drug-likeness (QED) is 0.0753. The number of halogens is 1. The molecule has 2 amide bonds. The molecule has 0 radical (unpaired) electrons. The summed E-state index contributed by atoms with van der Waals surface area (Å²) in [6, 6.07) is 43.9. The molecule has 0 saturated carbocycles. The van der Waals surface area contributed by atoms with Gasteiger partial charge in [-0.1, -0.05) is 102 Å². The van der Waals surface area contributed by atoms with Gasteiger partial charge in [-0.3, -0.25) is 9.59 Å². The van der Waals surface area contributed by atoms with Crippen LogP contribution < -0.4 is 40.2 Å². The summed E-state index contributed by atoms with van der Waals surface area (Å²) in [4.78, 5) is 42.3. The monoisotopic (exact) mass is 802 g/mol. The molecular formula is C44H36ClN6NaO2S2. The fraction of sp³-hybridized carbons (Fsp3) is 0.0909. The summed E-state index contributed by atoms with van der Waals surface area (Å²) in [6.07, 6.45) is 1.65. The number of aromatic amines is 2. The van der Waals surface area contributed by atoms with Gasteiger partial charge < -0.3 is 22.0 Å². The maximum absolute atomic E-state index is 12.1. The van der Waals surface area contributed by atoms with Crippen molar-refractivity contribution in [2.24, 2.45) is 0 Å². The van der Waals surface area contributed by atoms with Crippen LogP contribution in [0.3, 0.4) is 0 Å². The number of benzene rings is 4. The van der Waals surface area contributed by atoms with E-state index < -0.39 is 0 Å². The standard InChI is InChI=1S/C22H17N3OS.C16H12ClN3O.C6H6S.Na.H/c26-22-17-13-19(24-18(17)11-12-23-22)16-8-4-5-14-9-10-20(25-21(14)16)27-15-6-2-1-3-7-15;17-14-5-4-9-2-1-3-10(15(9)20-14)13-8-11-12(19-13)6-7-18-16(11)21;7-6-4-2-1-3-5-6;;/h1-10,13,24H,11-12H2,(H,23,26);1-5,8,19H,6-7H2,(H,18,21);1-5,7H;;/q;;;+1;-1. The number of carbonyl (C=O) groups is 2. The molecule has 0 spiro atoms. The van der Waals surface area contributed by atoms with Crippen molar-refractivity contribution in [2.45, 2.75) is 27.7 Å². The van der Waals surface area contributed by atoms with Crippen LogP contribution in [0.1, 0.15) is 33.5 Å². The summed E-state index contributed by atoms with van der Waals surface area (Å²) < 4.78 is 0. The normalized spacial score (nSPS) is 12.8. The van der Waals surface area contributed by atoms with Gasteiger partial charge in [0.05, 0.1) is 22.2 Å². The zero-order valence-electron chi connectivity index (χ0n) is 31.5. The van der Waals surface area contributed by atoms with Crippen LogP contribution >= 0.6 is 36.0 Å². The Morgan fingerprint density at radius 2 is 1.11 bits per heavy atom. The van der Waals surface area contributed by atoms with E-state index >= 15 is 0 Å². The van der Waals surface area contributed by atoms with Crippen molar-refractivity contribution < 1.29 is 40.6 Å². The molecular weight excluding hydrogens is 767 g/mol. The van der Waals surface area contributed by atoms with Crippen molar-refractivity contribution in [1.29, 1.82) is 0 Å². The number of carbonyl (C=O) groups excluding carboxylic acids is 2. The first-order valence-corrected chi connectivity index (χ1v) is 19.5. The summed E-state index contributed by atoms with van der Waals surface area (Å²) >= 11 is 11.7. The molecule has 12 heteroatoms. The van der Waals surface area contributed by atoms with Gasteiger partial charge in [-0.25, -0.2) is 9.97 Å². The number of aromatic nitrogens is 4. The van der Waals surface area contributed by atoms with Gasteiger partial charge in [0.2, 0.25) is 0 Å². The van der Waals surface area contributed by atoms with Gasteiger partial charge in [-0.2, -0.15) is 0 Å². The third-order valence-electron chi connectivity index (χ3n) is 9.29. The number of nitrogens with zero attached hydrogens (tertiary/aromatic N) is 2. The van der Waals surface area contributed by atoms with Crippen LogP contribution in [0.15, 0.2) is 148 Å². The average Bonchev–Trinajstić information content (AvgIpc) is 3.85. The van der Waals surface area contributed by atoms with Gasteiger partial charge >= 0.3 is 29.6 Å². The summed E-state index contributed by atoms with van der Waals surface area (Å²) in [5.74, 6) is -0.0303. The molecule has 0 bridgehead atoms. The van der Waals surface area contributed by atoms with Crippen molar-refractivity contribution in [3.63, 3.8) is 0 Å². The summed E-state index contributed by atoms with van der Waals surface area (Å²) in [5, 5.41) is 9.28. The van der Waals surface area contributed by atoms with E-state index in [0.29, 0.717) is 18.2 Å². The van der Waals surface area contributed by atoms with Crippen molar-refractivity contribution in [1.82, 2.24) is 30.6 Å². The van der Waals surface area contributed by atoms with E-state index in [1.165, 1.54) is 0 Å². The molecule has 0 saturated heterocycles. The van der Waals surface area contributed by atoms with Gasteiger partial charge in [-0.15, -0.1) is 12.6 Å². The van der Waals surface area contributed by atoms with Gasteiger partial charge in [0.25, 0.3) is 11.8 Å². The van der Waals surface area contributed by atoms with Crippen molar-refractivity contribution in [3.8, 4) is 22.5 Å². The number of fused-ring (bicyclic) bond motifs is 4. The minimum atomic E-state index is -0.0232. The van der Waals surface area contributed by atoms with Crippen LogP contribution in [0.2, 0.25) is 5.15 Å². The minimum absolute atomic E-state index is 0. The molecule has 8 aromatic rings. The second kappa shape index (κ2) is 18.0. The van der Waals surface area contributed by atoms with E-state index in [4.69, 9.17) is 16.6 Å². The number of hydrogen-bond donors (Lipinski definition) is 5. The van der Waals surface area contributed by atoms with Crippen LogP contribution in [-0.4, -0.2) is 44.8 Å². The van der Waals surface area contributed by atoms with Gasteiger partial charge in [0.15, 0.2) is 0 Å². The van der Waals surface area contributed by atoms with Gasteiger partial charge in [-0.05, 0) is 54.6 Å². The smallest absolute Gasteiger partial charge is 1.00 e. The zero-order chi connectivity index (χ0) is 37.7. The second-order valence-electron chi connectivity index (χ2n) is 13.0. The molecule has 6 heterocycles. The van der Waals surface area contributed by atoms with Crippen LogP contribution in [0, 0.1) is 0 Å². The Labute approximate surface area is 362 Å². The molecule has 8 nitrogen and oxygen atoms in total. The minimum Gasteiger partial charge on any atom is -1.00 e. The zero-order valence-corrected chi connectivity index (χ0v) is 34.9. The maximum atomic E-state index is 12.1. The number of hydrogen-bond acceptors (Lipinski definition) is 6. The van der Waals surface area contributed by atoms with Crippen LogP contribution in [0.4, 0.5) is 0 Å². The molecule has 2 aliphatic rings.